The minimum absolute atomic E-state index is 0.0192. The van der Waals surface area contributed by atoms with Crippen LogP contribution in [0.25, 0.3) is 11.1 Å². The second-order valence-corrected chi connectivity index (χ2v) is 5.51. The average Bonchev–Trinajstić information content (AvgIpc) is 3.11. The quantitative estimate of drug-likeness (QED) is 0.685. The number of nitro groups is 1. The van der Waals surface area contributed by atoms with Gasteiger partial charge < -0.3 is 15.1 Å². The molecule has 1 aliphatic rings. The summed E-state index contributed by atoms with van der Waals surface area (Å²) in [5.74, 6) is 0.444. The summed E-state index contributed by atoms with van der Waals surface area (Å²) >= 11 is 0. The van der Waals surface area contributed by atoms with Crippen molar-refractivity contribution in [2.24, 2.45) is 11.7 Å². The van der Waals surface area contributed by atoms with Crippen LogP contribution < -0.4 is 10.6 Å². The first-order chi connectivity index (χ1) is 10.1. The Morgan fingerprint density at radius 2 is 2.33 bits per heavy atom. The second kappa shape index (κ2) is 5.33. The van der Waals surface area contributed by atoms with Crippen molar-refractivity contribution < 1.29 is 9.34 Å². The molecule has 2 aromatic rings. The largest absolute Gasteiger partial charge is 0.423 e. The van der Waals surface area contributed by atoms with Crippen LogP contribution in [0.3, 0.4) is 0 Å². The highest BCUT2D eigenvalue weighted by molar-refractivity contribution is 5.77. The van der Waals surface area contributed by atoms with Gasteiger partial charge in [-0.25, -0.2) is 0 Å². The molecule has 1 aromatic carbocycles. The SMILES string of the molecule is CN(c1nc2cc([N+](=O)[O-])ccc2o1)C1CCCC1CN. The van der Waals surface area contributed by atoms with Gasteiger partial charge in [0, 0.05) is 25.2 Å². The van der Waals surface area contributed by atoms with Crippen molar-refractivity contribution in [2.75, 3.05) is 18.5 Å². The van der Waals surface area contributed by atoms with Crippen molar-refractivity contribution in [1.82, 2.24) is 4.98 Å². The standard InChI is InChI=1S/C14H18N4O3/c1-17(12-4-2-3-9(12)8-15)14-16-11-7-10(18(19)20)5-6-13(11)21-14/h5-7,9,12H,2-4,8,15H2,1H3. The number of rotatable bonds is 4. The molecule has 0 bridgehead atoms. The van der Waals surface area contributed by atoms with Crippen molar-refractivity contribution in [3.8, 4) is 0 Å². The van der Waals surface area contributed by atoms with E-state index in [1.165, 1.54) is 12.1 Å². The Morgan fingerprint density at radius 1 is 1.52 bits per heavy atom. The molecule has 0 spiro atoms. The Labute approximate surface area is 121 Å². The first-order valence-corrected chi connectivity index (χ1v) is 7.08. The number of non-ortho nitro benzene ring substituents is 1. The summed E-state index contributed by atoms with van der Waals surface area (Å²) in [7, 11) is 1.94. The van der Waals surface area contributed by atoms with Crippen LogP contribution >= 0.6 is 0 Å². The molecule has 1 fully saturated rings. The fourth-order valence-corrected chi connectivity index (χ4v) is 3.11. The fourth-order valence-electron chi connectivity index (χ4n) is 3.11. The fraction of sp³-hybridized carbons (Fsp3) is 0.500. The van der Waals surface area contributed by atoms with Crippen molar-refractivity contribution >= 4 is 22.8 Å². The topological polar surface area (TPSA) is 98.4 Å². The first-order valence-electron chi connectivity index (χ1n) is 7.08. The Kier molecular flexibility index (Phi) is 3.50. The lowest BCUT2D eigenvalue weighted by Gasteiger charge is -2.27. The van der Waals surface area contributed by atoms with Crippen LogP contribution in [0.5, 0.6) is 0 Å². The number of nitrogens with zero attached hydrogens (tertiary/aromatic N) is 3. The zero-order valence-electron chi connectivity index (χ0n) is 11.9. The minimum atomic E-state index is -0.432. The number of aromatic nitrogens is 1. The van der Waals surface area contributed by atoms with Gasteiger partial charge in [0.15, 0.2) is 5.58 Å². The van der Waals surface area contributed by atoms with E-state index in [1.807, 2.05) is 11.9 Å². The van der Waals surface area contributed by atoms with Crippen molar-refractivity contribution in [1.29, 1.82) is 0 Å². The Bertz CT molecular complexity index is 669. The van der Waals surface area contributed by atoms with Gasteiger partial charge in [-0.15, -0.1) is 0 Å². The molecule has 112 valence electrons. The van der Waals surface area contributed by atoms with E-state index in [9.17, 15) is 10.1 Å². The van der Waals surface area contributed by atoms with Crippen LogP contribution in [-0.4, -0.2) is 29.5 Å². The Balaban J connectivity index is 1.91. The van der Waals surface area contributed by atoms with Gasteiger partial charge in [0.25, 0.3) is 11.7 Å². The maximum atomic E-state index is 10.8. The molecule has 2 N–H and O–H groups in total. The van der Waals surface area contributed by atoms with Gasteiger partial charge in [-0.1, -0.05) is 6.42 Å². The third kappa shape index (κ3) is 2.44. The van der Waals surface area contributed by atoms with E-state index in [-0.39, 0.29) is 5.69 Å². The monoisotopic (exact) mass is 290 g/mol. The number of hydrogen-bond acceptors (Lipinski definition) is 6. The van der Waals surface area contributed by atoms with E-state index >= 15 is 0 Å². The van der Waals surface area contributed by atoms with E-state index in [0.29, 0.717) is 35.6 Å². The summed E-state index contributed by atoms with van der Waals surface area (Å²) in [6, 6.07) is 5.27. The second-order valence-electron chi connectivity index (χ2n) is 5.51. The molecule has 1 heterocycles. The predicted octanol–water partition coefficient (Wildman–Crippen LogP) is 2.30. The highest BCUT2D eigenvalue weighted by Crippen LogP contribution is 2.33. The smallest absolute Gasteiger partial charge is 0.298 e. The molecular formula is C14H18N4O3. The molecule has 0 aliphatic heterocycles. The van der Waals surface area contributed by atoms with Crippen LogP contribution in [0.4, 0.5) is 11.7 Å². The molecule has 1 aromatic heterocycles. The number of nitrogens with two attached hydrogens (primary N) is 1. The minimum Gasteiger partial charge on any atom is -0.423 e. The van der Waals surface area contributed by atoms with Gasteiger partial charge in [-0.3, -0.25) is 10.1 Å². The molecule has 0 saturated heterocycles. The van der Waals surface area contributed by atoms with Gasteiger partial charge in [0.1, 0.15) is 5.52 Å². The van der Waals surface area contributed by atoms with E-state index in [0.717, 1.165) is 19.3 Å². The van der Waals surface area contributed by atoms with Gasteiger partial charge in [-0.2, -0.15) is 4.98 Å². The summed E-state index contributed by atoms with van der Waals surface area (Å²) in [5, 5.41) is 10.8. The summed E-state index contributed by atoms with van der Waals surface area (Å²) in [4.78, 5) is 16.8. The molecule has 2 unspecified atom stereocenters. The van der Waals surface area contributed by atoms with Gasteiger partial charge in [-0.05, 0) is 31.4 Å². The van der Waals surface area contributed by atoms with Crippen LogP contribution in [0.15, 0.2) is 22.6 Å². The van der Waals surface area contributed by atoms with Crippen LogP contribution in [0.1, 0.15) is 19.3 Å². The van der Waals surface area contributed by atoms with Crippen molar-refractivity contribution in [3.05, 3.63) is 28.3 Å². The normalized spacial score (nSPS) is 21.8. The molecule has 1 saturated carbocycles. The molecule has 3 rings (SSSR count). The predicted molar refractivity (Wildman–Crippen MR) is 79.2 cm³/mol. The molecule has 7 heteroatoms. The molecule has 0 amide bonds. The lowest BCUT2D eigenvalue weighted by atomic mass is 10.0. The lowest BCUT2D eigenvalue weighted by Crippen LogP contribution is -2.37. The summed E-state index contributed by atoms with van der Waals surface area (Å²) in [6.07, 6.45) is 3.34. The van der Waals surface area contributed by atoms with Crippen molar-refractivity contribution in [2.45, 2.75) is 25.3 Å². The van der Waals surface area contributed by atoms with Gasteiger partial charge in [0.05, 0.1) is 4.92 Å². The zero-order chi connectivity index (χ0) is 15.0. The van der Waals surface area contributed by atoms with Gasteiger partial charge >= 0.3 is 0 Å². The number of fused-ring (bicyclic) bond motifs is 1. The van der Waals surface area contributed by atoms with Gasteiger partial charge in [0.2, 0.25) is 0 Å². The van der Waals surface area contributed by atoms with E-state index in [1.54, 1.807) is 6.07 Å². The molecule has 21 heavy (non-hydrogen) atoms. The zero-order valence-corrected chi connectivity index (χ0v) is 11.9. The number of anilines is 1. The van der Waals surface area contributed by atoms with Crippen LogP contribution in [-0.2, 0) is 0 Å². The summed E-state index contributed by atoms with van der Waals surface area (Å²) in [6.45, 7) is 0.653. The lowest BCUT2D eigenvalue weighted by molar-refractivity contribution is -0.384. The molecule has 1 aliphatic carbocycles. The van der Waals surface area contributed by atoms with Crippen LogP contribution in [0.2, 0.25) is 0 Å². The molecule has 0 radical (unpaired) electrons. The maximum absolute atomic E-state index is 10.8. The van der Waals surface area contributed by atoms with E-state index in [2.05, 4.69) is 4.98 Å². The van der Waals surface area contributed by atoms with E-state index < -0.39 is 4.92 Å². The maximum Gasteiger partial charge on any atom is 0.298 e. The number of nitro benzene ring substituents is 1. The molecular weight excluding hydrogens is 272 g/mol. The third-order valence-corrected chi connectivity index (χ3v) is 4.29. The molecule has 7 nitrogen and oxygen atoms in total. The number of hydrogen-bond donors (Lipinski definition) is 1. The average molecular weight is 290 g/mol. The summed E-state index contributed by atoms with van der Waals surface area (Å²) < 4.78 is 5.72. The Morgan fingerprint density at radius 3 is 3.05 bits per heavy atom. The molecule has 2 atom stereocenters. The highest BCUT2D eigenvalue weighted by atomic mass is 16.6. The number of benzene rings is 1. The van der Waals surface area contributed by atoms with Crippen LogP contribution in [0, 0.1) is 16.0 Å². The number of oxazole rings is 1. The highest BCUT2D eigenvalue weighted by Gasteiger charge is 2.31. The van der Waals surface area contributed by atoms with E-state index in [4.69, 9.17) is 10.2 Å². The Hall–Kier alpha value is -2.15. The third-order valence-electron chi connectivity index (χ3n) is 4.29. The first kappa shape index (κ1) is 13.8. The summed E-state index contributed by atoms with van der Waals surface area (Å²) in [5.41, 5.74) is 6.90. The van der Waals surface area contributed by atoms with Crippen molar-refractivity contribution in [3.63, 3.8) is 0 Å².